The molecule has 3 aliphatic rings. The fourth-order valence-electron chi connectivity index (χ4n) is 3.75. The van der Waals surface area contributed by atoms with Crippen LogP contribution in [0, 0.1) is 5.92 Å². The third-order valence-corrected chi connectivity index (χ3v) is 5.06. The third kappa shape index (κ3) is 4.08. The summed E-state index contributed by atoms with van der Waals surface area (Å²) < 4.78 is 11.0. The van der Waals surface area contributed by atoms with Crippen molar-refractivity contribution in [1.82, 2.24) is 9.80 Å². The van der Waals surface area contributed by atoms with Crippen molar-refractivity contribution in [2.24, 2.45) is 5.92 Å². The van der Waals surface area contributed by atoms with Crippen LogP contribution in [-0.4, -0.2) is 68.3 Å². The molecule has 3 aliphatic heterocycles. The summed E-state index contributed by atoms with van der Waals surface area (Å²) in [5, 5.41) is 0. The molecule has 0 unspecified atom stereocenters. The molecule has 3 heterocycles. The summed E-state index contributed by atoms with van der Waals surface area (Å²) in [5.74, 6) is 1.45. The Bertz CT molecular complexity index is 563. The molecule has 1 amide bonds. The number of benzene rings is 1. The lowest BCUT2D eigenvalue weighted by Gasteiger charge is -2.32. The smallest absolute Gasteiger partial charge is 0.254 e. The first-order valence-electron chi connectivity index (χ1n) is 8.97. The van der Waals surface area contributed by atoms with Crippen LogP contribution in [0.3, 0.4) is 0 Å². The van der Waals surface area contributed by atoms with E-state index in [9.17, 15) is 4.79 Å². The number of piperidine rings is 1. The quantitative estimate of drug-likeness (QED) is 0.750. The highest BCUT2D eigenvalue weighted by molar-refractivity contribution is 5.94. The van der Waals surface area contributed by atoms with Gasteiger partial charge in [0.25, 0.3) is 5.91 Å². The first-order valence-corrected chi connectivity index (χ1v) is 8.97. The van der Waals surface area contributed by atoms with Crippen LogP contribution in [0.15, 0.2) is 24.3 Å². The van der Waals surface area contributed by atoms with E-state index in [1.165, 1.54) is 12.8 Å². The van der Waals surface area contributed by atoms with Gasteiger partial charge in [0.2, 0.25) is 0 Å². The second-order valence-corrected chi connectivity index (χ2v) is 6.82. The summed E-state index contributed by atoms with van der Waals surface area (Å²) in [6.07, 6.45) is 2.44. The maximum Gasteiger partial charge on any atom is 0.254 e. The minimum atomic E-state index is 0.123. The van der Waals surface area contributed by atoms with Gasteiger partial charge < -0.3 is 19.3 Å². The van der Waals surface area contributed by atoms with Crippen LogP contribution in [0.1, 0.15) is 30.1 Å². The molecule has 3 saturated heterocycles. The number of likely N-dealkylation sites (N-methyl/N-ethyl adjacent to an activating group) is 1. The Morgan fingerprint density at radius 2 is 2.08 bits per heavy atom. The monoisotopic (exact) mass is 332 g/mol. The van der Waals surface area contributed by atoms with E-state index in [1.807, 2.05) is 36.1 Å². The molecular weight excluding hydrogens is 304 g/mol. The number of hydrogen-bond acceptors (Lipinski definition) is 4. The predicted molar refractivity (Wildman–Crippen MR) is 93.5 cm³/mol. The van der Waals surface area contributed by atoms with Gasteiger partial charge in [-0.05, 0) is 50.9 Å². The molecule has 0 N–H and O–H groups in total. The number of rotatable bonds is 6. The molecule has 0 aliphatic carbocycles. The normalized spacial score (nSPS) is 24.0. The van der Waals surface area contributed by atoms with Gasteiger partial charge in [0, 0.05) is 37.8 Å². The molecule has 0 spiro atoms. The molecule has 2 atom stereocenters. The zero-order valence-electron chi connectivity index (χ0n) is 14.7. The van der Waals surface area contributed by atoms with E-state index in [4.69, 9.17) is 9.47 Å². The maximum atomic E-state index is 12.9. The number of hydrogen-bond donors (Lipinski definition) is 0. The molecule has 3 fully saturated rings. The van der Waals surface area contributed by atoms with E-state index in [1.54, 1.807) is 0 Å². The van der Waals surface area contributed by atoms with E-state index in [2.05, 4.69) is 11.9 Å². The van der Waals surface area contributed by atoms with Crippen molar-refractivity contribution in [3.8, 4) is 5.75 Å². The first-order chi connectivity index (χ1) is 11.7. The summed E-state index contributed by atoms with van der Waals surface area (Å²) in [4.78, 5) is 17.4. The van der Waals surface area contributed by atoms with E-state index in [-0.39, 0.29) is 5.91 Å². The summed E-state index contributed by atoms with van der Waals surface area (Å²) in [5.41, 5.74) is 0.716. The molecule has 2 bridgehead atoms. The van der Waals surface area contributed by atoms with Crippen molar-refractivity contribution in [2.75, 3.05) is 46.5 Å². The van der Waals surface area contributed by atoms with Gasteiger partial charge in [0.15, 0.2) is 0 Å². The van der Waals surface area contributed by atoms with Crippen molar-refractivity contribution in [2.45, 2.75) is 25.8 Å². The summed E-state index contributed by atoms with van der Waals surface area (Å²) in [6.45, 7) is 6.53. The second kappa shape index (κ2) is 7.99. The third-order valence-electron chi connectivity index (χ3n) is 5.06. The Labute approximate surface area is 144 Å². The van der Waals surface area contributed by atoms with E-state index >= 15 is 0 Å². The van der Waals surface area contributed by atoms with E-state index in [0.29, 0.717) is 37.3 Å². The Morgan fingerprint density at radius 3 is 2.88 bits per heavy atom. The Morgan fingerprint density at radius 1 is 1.21 bits per heavy atom. The molecule has 5 nitrogen and oxygen atoms in total. The lowest BCUT2D eigenvalue weighted by atomic mass is 9.96. The molecule has 5 heteroatoms. The minimum Gasteiger partial charge on any atom is -0.491 e. The summed E-state index contributed by atoms with van der Waals surface area (Å²) in [6, 6.07) is 8.02. The topological polar surface area (TPSA) is 42.0 Å². The number of ether oxygens (including phenoxy) is 2. The van der Waals surface area contributed by atoms with Crippen LogP contribution in [0.5, 0.6) is 5.75 Å². The van der Waals surface area contributed by atoms with Crippen LogP contribution >= 0.6 is 0 Å². The van der Waals surface area contributed by atoms with Crippen LogP contribution in [0.25, 0.3) is 0 Å². The molecule has 132 valence electrons. The maximum absolute atomic E-state index is 12.9. The highest BCUT2D eigenvalue weighted by Gasteiger charge is 2.34. The SMILES string of the molecule is CCOCCOc1cccc(C(=O)N2C[C@@H]3CC[C@H](C2)N(C)C3)c1. The van der Waals surface area contributed by atoms with Gasteiger partial charge in [0.1, 0.15) is 12.4 Å². The number of carbonyl (C=O) groups excluding carboxylic acids is 1. The van der Waals surface area contributed by atoms with Gasteiger partial charge in [-0.25, -0.2) is 0 Å². The average molecular weight is 332 g/mol. The van der Waals surface area contributed by atoms with E-state index < -0.39 is 0 Å². The zero-order valence-corrected chi connectivity index (χ0v) is 14.7. The van der Waals surface area contributed by atoms with Crippen molar-refractivity contribution in [3.05, 3.63) is 29.8 Å². The van der Waals surface area contributed by atoms with Gasteiger partial charge in [-0.3, -0.25) is 4.79 Å². The summed E-state index contributed by atoms with van der Waals surface area (Å²) >= 11 is 0. The lowest BCUT2D eigenvalue weighted by molar-refractivity contribution is 0.0741. The molecule has 1 aromatic carbocycles. The van der Waals surface area contributed by atoms with Gasteiger partial charge in [-0.15, -0.1) is 0 Å². The number of fused-ring (bicyclic) bond motifs is 4. The molecule has 4 rings (SSSR count). The van der Waals surface area contributed by atoms with Crippen LogP contribution < -0.4 is 4.74 Å². The predicted octanol–water partition coefficient (Wildman–Crippen LogP) is 2.27. The highest BCUT2D eigenvalue weighted by Crippen LogP contribution is 2.28. The minimum absolute atomic E-state index is 0.123. The second-order valence-electron chi connectivity index (χ2n) is 6.82. The fourth-order valence-corrected chi connectivity index (χ4v) is 3.75. The number of carbonyl (C=O) groups is 1. The average Bonchev–Trinajstić information content (AvgIpc) is 2.89. The van der Waals surface area contributed by atoms with Crippen LogP contribution in [-0.2, 0) is 4.74 Å². The lowest BCUT2D eigenvalue weighted by Crippen LogP contribution is -2.41. The fraction of sp³-hybridized carbons (Fsp3) is 0.632. The number of amides is 1. The zero-order chi connectivity index (χ0) is 16.9. The van der Waals surface area contributed by atoms with Crippen LogP contribution in [0.4, 0.5) is 0 Å². The molecule has 0 radical (unpaired) electrons. The van der Waals surface area contributed by atoms with Gasteiger partial charge in [-0.2, -0.15) is 0 Å². The van der Waals surface area contributed by atoms with Crippen molar-refractivity contribution >= 4 is 5.91 Å². The van der Waals surface area contributed by atoms with Crippen LogP contribution in [0.2, 0.25) is 0 Å². The Balaban J connectivity index is 1.64. The van der Waals surface area contributed by atoms with E-state index in [0.717, 1.165) is 25.4 Å². The van der Waals surface area contributed by atoms with Gasteiger partial charge >= 0.3 is 0 Å². The molecular formula is C19H28N2O3. The Hall–Kier alpha value is -1.59. The molecule has 1 aromatic rings. The van der Waals surface area contributed by atoms with Gasteiger partial charge in [0.05, 0.1) is 6.61 Å². The molecule has 24 heavy (non-hydrogen) atoms. The number of nitrogens with zero attached hydrogens (tertiary/aromatic N) is 2. The highest BCUT2D eigenvalue weighted by atomic mass is 16.5. The standard InChI is InChI=1S/C19H28N2O3/c1-3-23-9-10-24-18-6-4-5-16(11-18)19(22)21-13-15-7-8-17(14-21)20(2)12-15/h4-6,11,15,17H,3,7-10,12-14H2,1-2H3/t15-,17-/m1/s1. The Kier molecular flexibility index (Phi) is 5.74. The van der Waals surface area contributed by atoms with Crippen molar-refractivity contribution in [1.29, 1.82) is 0 Å². The largest absolute Gasteiger partial charge is 0.491 e. The molecule has 0 saturated carbocycles. The molecule has 0 aromatic heterocycles. The van der Waals surface area contributed by atoms with Crippen molar-refractivity contribution < 1.29 is 14.3 Å². The van der Waals surface area contributed by atoms with Gasteiger partial charge in [-0.1, -0.05) is 6.07 Å². The summed E-state index contributed by atoms with van der Waals surface area (Å²) in [7, 11) is 2.18. The first kappa shape index (κ1) is 17.2. The van der Waals surface area contributed by atoms with Crippen molar-refractivity contribution in [3.63, 3.8) is 0 Å².